The van der Waals surface area contributed by atoms with Gasteiger partial charge in [0, 0.05) is 0 Å². The monoisotopic (exact) mass is 505 g/mol. The van der Waals surface area contributed by atoms with Crippen LogP contribution in [0.1, 0.15) is 0 Å². The molecule has 0 fully saturated rings. The molecule has 0 amide bonds. The van der Waals surface area contributed by atoms with E-state index in [4.69, 9.17) is 46.0 Å². The van der Waals surface area contributed by atoms with Gasteiger partial charge in [-0.1, -0.05) is 0 Å². The molecular formula is C6H18CeN6O10P. The van der Waals surface area contributed by atoms with E-state index in [-0.39, 0.29) is 41.7 Å². The second-order valence-corrected chi connectivity index (χ2v) is 7.15. The van der Waals surface area contributed by atoms with Crippen molar-refractivity contribution in [2.45, 2.75) is 0 Å². The minimum absolute atomic E-state index is 0. The molecule has 0 N–H and O–H groups in total. The fraction of sp³-hybridized carbons (Fsp3) is 1.00. The van der Waals surface area contributed by atoms with Gasteiger partial charge in [-0.15, -0.1) is 0 Å². The first-order valence-corrected chi connectivity index (χ1v) is 6.67. The third-order valence-corrected chi connectivity index (χ3v) is 4.69. The number of nitrogens with zero attached hydrogens (tertiary/aromatic N) is 6. The van der Waals surface area contributed by atoms with Crippen LogP contribution in [0.15, 0.2) is 0 Å². The molecule has 141 valence electrons. The number of rotatable bonds is 3. The summed E-state index contributed by atoms with van der Waals surface area (Å²) in [5, 5.41) is 44.2. The molecule has 0 heterocycles. The molecule has 0 unspecified atom stereocenters. The summed E-state index contributed by atoms with van der Waals surface area (Å²) in [5.41, 5.74) is 0. The Bertz CT molecular complexity index is 338. The zero-order valence-corrected chi connectivity index (χ0v) is 17.7. The first kappa shape index (κ1) is 34.4. The van der Waals surface area contributed by atoms with Crippen molar-refractivity contribution in [2.24, 2.45) is 0 Å². The molecule has 0 aromatic heterocycles. The van der Waals surface area contributed by atoms with Gasteiger partial charge >= 0.3 is 41.7 Å². The molecule has 0 aliphatic heterocycles. The molecule has 0 aromatic carbocycles. The Morgan fingerprint density at radius 1 is 0.583 bits per heavy atom. The van der Waals surface area contributed by atoms with Crippen LogP contribution >= 0.6 is 7.59 Å². The Hall–Kier alpha value is -0.913. The molecule has 0 saturated heterocycles. The predicted octanol–water partition coefficient (Wildman–Crippen LogP) is 0.0620. The van der Waals surface area contributed by atoms with Gasteiger partial charge in [-0.2, -0.15) is 0 Å². The van der Waals surface area contributed by atoms with Gasteiger partial charge in [0.15, 0.2) is 0 Å². The van der Waals surface area contributed by atoms with Crippen LogP contribution in [-0.2, 0) is 4.57 Å². The van der Waals surface area contributed by atoms with Crippen LogP contribution in [-0.4, -0.2) is 71.6 Å². The van der Waals surface area contributed by atoms with E-state index in [1.807, 2.05) is 42.3 Å². The number of hydrogen-bond acceptors (Lipinski definition) is 10. The Morgan fingerprint density at radius 3 is 0.667 bits per heavy atom. The molecule has 0 aliphatic rings. The molecule has 1 radical (unpaired) electrons. The summed E-state index contributed by atoms with van der Waals surface area (Å²) in [7, 11) is 8.49. The zero-order chi connectivity index (χ0) is 20.0. The molecule has 0 rings (SSSR count). The van der Waals surface area contributed by atoms with Crippen molar-refractivity contribution in [3.63, 3.8) is 0 Å². The largest absolute Gasteiger partial charge is 3.00 e. The van der Waals surface area contributed by atoms with E-state index in [1.165, 1.54) is 0 Å². The maximum absolute atomic E-state index is 12.1. The van der Waals surface area contributed by atoms with Crippen molar-refractivity contribution in [1.82, 2.24) is 14.0 Å². The first-order valence-electron chi connectivity index (χ1n) is 5.11. The van der Waals surface area contributed by atoms with Crippen molar-refractivity contribution in [3.05, 3.63) is 46.0 Å². The number of hydrogen-bond donors (Lipinski definition) is 0. The van der Waals surface area contributed by atoms with E-state index in [9.17, 15) is 4.57 Å². The van der Waals surface area contributed by atoms with E-state index in [1.54, 1.807) is 14.0 Å². The molecule has 0 bridgehead atoms. The Kier molecular flexibility index (Phi) is 26.4. The van der Waals surface area contributed by atoms with Crippen LogP contribution in [0.2, 0.25) is 0 Å². The SMILES string of the molecule is CN(C)P(=O)(N(C)C)N(C)C.O=[N+]([O-])[O-].O=[N+]([O-])[O-].O=[N+]([O-])[O-].[Ce+3]. The molecule has 0 saturated carbocycles. The van der Waals surface area contributed by atoms with E-state index < -0.39 is 22.9 Å². The van der Waals surface area contributed by atoms with Gasteiger partial charge in [0.05, 0.1) is 15.3 Å². The van der Waals surface area contributed by atoms with E-state index in [2.05, 4.69) is 0 Å². The van der Waals surface area contributed by atoms with Gasteiger partial charge in [0.2, 0.25) is 0 Å². The maximum Gasteiger partial charge on any atom is 3.00 e. The summed E-state index contributed by atoms with van der Waals surface area (Å²) < 4.78 is 17.3. The first-order chi connectivity index (χ1) is 10.0. The van der Waals surface area contributed by atoms with Crippen molar-refractivity contribution >= 4 is 7.59 Å². The van der Waals surface area contributed by atoms with Crippen LogP contribution in [0.3, 0.4) is 0 Å². The molecule has 0 aromatic rings. The molecule has 0 spiro atoms. The van der Waals surface area contributed by atoms with E-state index in [0.717, 1.165) is 0 Å². The predicted molar refractivity (Wildman–Crippen MR) is 79.8 cm³/mol. The minimum atomic E-state index is -2.44. The summed E-state index contributed by atoms with van der Waals surface area (Å²) in [6, 6.07) is 0. The fourth-order valence-electron chi connectivity index (χ4n) is 1.07. The molecule has 0 atom stereocenters. The average Bonchev–Trinajstić information content (AvgIpc) is 2.24. The van der Waals surface area contributed by atoms with Gasteiger partial charge in [-0.05, 0) is 42.3 Å². The molecule has 18 heteroatoms. The summed E-state index contributed by atoms with van der Waals surface area (Å²) in [6.07, 6.45) is 0. The normalized spacial score (nSPS) is 9.21. The average molecular weight is 505 g/mol. The zero-order valence-electron chi connectivity index (χ0n) is 13.7. The second kappa shape index (κ2) is 18.4. The van der Waals surface area contributed by atoms with Crippen molar-refractivity contribution in [2.75, 3.05) is 42.3 Å². The standard InChI is InChI=1S/C6H18N3OP.Ce.3NO3/c1-7(2)11(10,8(3)4)9(5)6;;3*2-1(3)4/h1-6H3;;;;/q;+3;3*-1. The third kappa shape index (κ3) is 29.1. The van der Waals surface area contributed by atoms with Gasteiger partial charge < -0.3 is 46.0 Å². The van der Waals surface area contributed by atoms with Gasteiger partial charge in [-0.3, -0.25) is 4.57 Å². The van der Waals surface area contributed by atoms with E-state index in [0.29, 0.717) is 0 Å². The van der Waals surface area contributed by atoms with Crippen molar-refractivity contribution in [1.29, 1.82) is 0 Å². The maximum atomic E-state index is 12.1. The van der Waals surface area contributed by atoms with Crippen LogP contribution in [0.4, 0.5) is 0 Å². The van der Waals surface area contributed by atoms with Crippen LogP contribution < -0.4 is 0 Å². The van der Waals surface area contributed by atoms with Gasteiger partial charge in [-0.25, -0.2) is 14.0 Å². The molecule has 16 nitrogen and oxygen atoms in total. The molecule has 0 aliphatic carbocycles. The Labute approximate surface area is 170 Å². The quantitative estimate of drug-likeness (QED) is 0.281. The summed E-state index contributed by atoms with van der Waals surface area (Å²) in [4.78, 5) is 24.8. The van der Waals surface area contributed by atoms with Crippen LogP contribution in [0.5, 0.6) is 0 Å². The summed E-state index contributed by atoms with van der Waals surface area (Å²) in [5.74, 6) is 0. The molecule has 24 heavy (non-hydrogen) atoms. The summed E-state index contributed by atoms with van der Waals surface area (Å²) in [6.45, 7) is 0. The topological polar surface area (TPSA) is 225 Å². The smallest absolute Gasteiger partial charge is 0.356 e. The Balaban J connectivity index is -0.0000000772. The molecular weight excluding hydrogens is 487 g/mol. The third-order valence-electron chi connectivity index (χ3n) is 1.56. The van der Waals surface area contributed by atoms with Gasteiger partial charge in [0.1, 0.15) is 0 Å². The fourth-order valence-corrected chi connectivity index (χ4v) is 3.22. The van der Waals surface area contributed by atoms with Crippen molar-refractivity contribution in [3.8, 4) is 0 Å². The van der Waals surface area contributed by atoms with Crippen molar-refractivity contribution < 1.29 is 61.6 Å². The van der Waals surface area contributed by atoms with E-state index >= 15 is 0 Å². The van der Waals surface area contributed by atoms with Gasteiger partial charge in [0.25, 0.3) is 7.59 Å². The summed E-state index contributed by atoms with van der Waals surface area (Å²) >= 11 is 0. The Morgan fingerprint density at radius 2 is 0.667 bits per heavy atom. The van der Waals surface area contributed by atoms with Crippen LogP contribution in [0.25, 0.3) is 0 Å². The minimum Gasteiger partial charge on any atom is -0.356 e. The second-order valence-electron chi connectivity index (χ2n) is 3.73. The van der Waals surface area contributed by atoms with Crippen LogP contribution in [0, 0.1) is 87.7 Å².